The summed E-state index contributed by atoms with van der Waals surface area (Å²) in [6.45, 7) is 4.00. The fraction of sp³-hybridized carbons (Fsp3) is 0.500. The summed E-state index contributed by atoms with van der Waals surface area (Å²) in [5, 5.41) is 14.8. The van der Waals surface area contributed by atoms with Gasteiger partial charge in [-0.05, 0) is 41.3 Å². The second kappa shape index (κ2) is 7.72. The van der Waals surface area contributed by atoms with E-state index in [1.165, 1.54) is 0 Å². The minimum Gasteiger partial charge on any atom is -0.325 e. The van der Waals surface area contributed by atoms with E-state index in [1.807, 2.05) is 42.8 Å². The standard InChI is InChI=1S/C16H22N6O.ClH/c1-3-10(2)14(17)16(23)18-12-6-4-5-11(9-12)15-19-20-21-22(15)13-7-8-13;/h4-6,9-10,13-14H,3,7-8,17H2,1-2H3,(H,18,23);1H. The van der Waals surface area contributed by atoms with Crippen molar-refractivity contribution < 1.29 is 4.79 Å². The normalized spacial score (nSPS) is 16.1. The van der Waals surface area contributed by atoms with Crippen LogP contribution in [0.4, 0.5) is 5.69 Å². The van der Waals surface area contributed by atoms with Crippen molar-refractivity contribution in [3.63, 3.8) is 0 Å². The van der Waals surface area contributed by atoms with Crippen LogP contribution in [0.15, 0.2) is 24.3 Å². The van der Waals surface area contributed by atoms with Gasteiger partial charge in [0, 0.05) is 11.3 Å². The summed E-state index contributed by atoms with van der Waals surface area (Å²) in [6, 6.07) is 7.43. The lowest BCUT2D eigenvalue weighted by Gasteiger charge is -2.18. The van der Waals surface area contributed by atoms with Crippen molar-refractivity contribution in [3.8, 4) is 11.4 Å². The zero-order chi connectivity index (χ0) is 16.4. The highest BCUT2D eigenvalue weighted by molar-refractivity contribution is 5.95. The minimum atomic E-state index is -0.513. The highest BCUT2D eigenvalue weighted by Crippen LogP contribution is 2.36. The maximum absolute atomic E-state index is 12.2. The molecule has 0 aliphatic heterocycles. The smallest absolute Gasteiger partial charge is 0.241 e. The molecule has 7 nitrogen and oxygen atoms in total. The van der Waals surface area contributed by atoms with Gasteiger partial charge in [-0.3, -0.25) is 4.79 Å². The number of anilines is 1. The zero-order valence-corrected chi connectivity index (χ0v) is 14.7. The Morgan fingerprint density at radius 2 is 2.21 bits per heavy atom. The van der Waals surface area contributed by atoms with Crippen LogP contribution in [0.25, 0.3) is 11.4 Å². The molecule has 1 aliphatic carbocycles. The second-order valence-electron chi connectivity index (χ2n) is 6.16. The van der Waals surface area contributed by atoms with Crippen LogP contribution < -0.4 is 11.1 Å². The Balaban J connectivity index is 0.00000208. The van der Waals surface area contributed by atoms with Crippen LogP contribution in [-0.4, -0.2) is 32.2 Å². The second-order valence-corrected chi connectivity index (χ2v) is 6.16. The van der Waals surface area contributed by atoms with Crippen molar-refractivity contribution in [1.29, 1.82) is 0 Å². The number of nitrogens with zero attached hydrogens (tertiary/aromatic N) is 4. The summed E-state index contributed by atoms with van der Waals surface area (Å²) < 4.78 is 1.85. The Morgan fingerprint density at radius 3 is 2.88 bits per heavy atom. The topological polar surface area (TPSA) is 98.7 Å². The molecule has 3 rings (SSSR count). The lowest BCUT2D eigenvalue weighted by molar-refractivity contribution is -0.118. The van der Waals surface area contributed by atoms with E-state index in [-0.39, 0.29) is 24.2 Å². The van der Waals surface area contributed by atoms with Crippen molar-refractivity contribution >= 4 is 24.0 Å². The first-order chi connectivity index (χ1) is 11.1. The zero-order valence-electron chi connectivity index (χ0n) is 13.8. The quantitative estimate of drug-likeness (QED) is 0.833. The number of hydrogen-bond acceptors (Lipinski definition) is 5. The predicted molar refractivity (Wildman–Crippen MR) is 94.8 cm³/mol. The van der Waals surface area contributed by atoms with Crippen LogP contribution in [0.5, 0.6) is 0 Å². The van der Waals surface area contributed by atoms with E-state index in [0.29, 0.717) is 11.7 Å². The molecule has 0 spiro atoms. The summed E-state index contributed by atoms with van der Waals surface area (Å²) >= 11 is 0. The molecule has 8 heteroatoms. The lowest BCUT2D eigenvalue weighted by Crippen LogP contribution is -2.40. The Hall–Kier alpha value is -1.99. The van der Waals surface area contributed by atoms with Gasteiger partial charge < -0.3 is 11.1 Å². The van der Waals surface area contributed by atoms with Gasteiger partial charge in [0.05, 0.1) is 12.1 Å². The number of carbonyl (C=O) groups is 1. The van der Waals surface area contributed by atoms with Gasteiger partial charge >= 0.3 is 0 Å². The fourth-order valence-corrected chi connectivity index (χ4v) is 2.42. The van der Waals surface area contributed by atoms with Crippen LogP contribution >= 0.6 is 12.4 Å². The number of aromatic nitrogens is 4. The van der Waals surface area contributed by atoms with Gasteiger partial charge in [0.1, 0.15) is 0 Å². The van der Waals surface area contributed by atoms with Gasteiger partial charge in [0.25, 0.3) is 0 Å². The molecule has 1 fully saturated rings. The summed E-state index contributed by atoms with van der Waals surface area (Å²) in [4.78, 5) is 12.2. The van der Waals surface area contributed by atoms with E-state index < -0.39 is 6.04 Å². The van der Waals surface area contributed by atoms with Crippen LogP contribution in [0.2, 0.25) is 0 Å². The molecule has 1 aromatic carbocycles. The average molecular weight is 351 g/mol. The van der Waals surface area contributed by atoms with Gasteiger partial charge in [-0.25, -0.2) is 4.68 Å². The van der Waals surface area contributed by atoms with E-state index in [2.05, 4.69) is 20.8 Å². The van der Waals surface area contributed by atoms with Crippen molar-refractivity contribution in [2.45, 2.75) is 45.2 Å². The highest BCUT2D eigenvalue weighted by atomic mass is 35.5. The van der Waals surface area contributed by atoms with Crippen LogP contribution in [0.3, 0.4) is 0 Å². The SMILES string of the molecule is CCC(C)C(N)C(=O)Nc1cccc(-c2nnnn2C2CC2)c1.Cl. The number of nitrogens with one attached hydrogen (secondary N) is 1. The first-order valence-corrected chi connectivity index (χ1v) is 8.05. The largest absolute Gasteiger partial charge is 0.325 e. The molecule has 130 valence electrons. The molecule has 2 aromatic rings. The molecule has 2 atom stereocenters. The van der Waals surface area contributed by atoms with Crippen molar-refractivity contribution in [3.05, 3.63) is 24.3 Å². The third-order valence-corrected chi connectivity index (χ3v) is 4.33. The Kier molecular flexibility index (Phi) is 5.90. The van der Waals surface area contributed by atoms with E-state index >= 15 is 0 Å². The van der Waals surface area contributed by atoms with E-state index in [9.17, 15) is 4.79 Å². The molecule has 1 amide bonds. The highest BCUT2D eigenvalue weighted by Gasteiger charge is 2.28. The molecule has 1 aromatic heterocycles. The summed E-state index contributed by atoms with van der Waals surface area (Å²) in [7, 11) is 0. The molecule has 0 saturated heterocycles. The number of halogens is 1. The molecule has 0 radical (unpaired) electrons. The first-order valence-electron chi connectivity index (χ1n) is 8.05. The van der Waals surface area contributed by atoms with Gasteiger partial charge in [-0.1, -0.05) is 32.4 Å². The van der Waals surface area contributed by atoms with E-state index in [1.54, 1.807) is 0 Å². The Labute approximate surface area is 147 Å². The molecule has 0 bridgehead atoms. The van der Waals surface area contributed by atoms with Gasteiger partial charge in [-0.15, -0.1) is 17.5 Å². The molecule has 1 saturated carbocycles. The van der Waals surface area contributed by atoms with Gasteiger partial charge in [-0.2, -0.15) is 0 Å². The Bertz CT molecular complexity index is 699. The summed E-state index contributed by atoms with van der Waals surface area (Å²) in [5.74, 6) is 0.702. The molecular weight excluding hydrogens is 328 g/mol. The third kappa shape index (κ3) is 3.91. The number of benzene rings is 1. The van der Waals surface area contributed by atoms with Gasteiger partial charge in [0.2, 0.25) is 5.91 Å². The van der Waals surface area contributed by atoms with Crippen LogP contribution in [-0.2, 0) is 4.79 Å². The summed E-state index contributed by atoms with van der Waals surface area (Å²) in [5.41, 5.74) is 7.57. The van der Waals surface area contributed by atoms with Crippen molar-refractivity contribution in [2.75, 3.05) is 5.32 Å². The van der Waals surface area contributed by atoms with Crippen molar-refractivity contribution in [1.82, 2.24) is 20.2 Å². The van der Waals surface area contributed by atoms with Crippen LogP contribution in [0, 0.1) is 5.92 Å². The fourth-order valence-electron chi connectivity index (χ4n) is 2.42. The van der Waals surface area contributed by atoms with E-state index in [0.717, 1.165) is 30.7 Å². The average Bonchev–Trinajstić information content (AvgIpc) is 3.30. The number of carbonyl (C=O) groups excluding carboxylic acids is 1. The maximum atomic E-state index is 12.2. The molecule has 3 N–H and O–H groups in total. The third-order valence-electron chi connectivity index (χ3n) is 4.33. The predicted octanol–water partition coefficient (Wildman–Crippen LogP) is 2.41. The van der Waals surface area contributed by atoms with Crippen molar-refractivity contribution in [2.24, 2.45) is 11.7 Å². The minimum absolute atomic E-state index is 0. The molecule has 2 unspecified atom stereocenters. The number of rotatable bonds is 6. The molecule has 1 heterocycles. The van der Waals surface area contributed by atoms with E-state index in [4.69, 9.17) is 5.73 Å². The number of hydrogen-bond donors (Lipinski definition) is 2. The maximum Gasteiger partial charge on any atom is 0.241 e. The Morgan fingerprint density at radius 1 is 1.46 bits per heavy atom. The monoisotopic (exact) mass is 350 g/mol. The van der Waals surface area contributed by atoms with Gasteiger partial charge in [0.15, 0.2) is 5.82 Å². The number of nitrogens with two attached hydrogens (primary N) is 1. The molecular formula is C16H23ClN6O. The van der Waals surface area contributed by atoms with Crippen LogP contribution in [0.1, 0.15) is 39.2 Å². The number of amides is 1. The first kappa shape index (κ1) is 18.4. The molecule has 1 aliphatic rings. The number of tetrazole rings is 1. The molecule has 24 heavy (non-hydrogen) atoms. The lowest BCUT2D eigenvalue weighted by atomic mass is 9.99. The summed E-state index contributed by atoms with van der Waals surface area (Å²) in [6.07, 6.45) is 3.08.